The van der Waals surface area contributed by atoms with E-state index in [0.29, 0.717) is 11.8 Å². The molecule has 28 heavy (non-hydrogen) atoms. The van der Waals surface area contributed by atoms with Crippen molar-refractivity contribution in [2.24, 2.45) is 35.5 Å². The zero-order valence-electron chi connectivity index (χ0n) is 17.8. The number of fused-ring (bicyclic) bond motifs is 2. The molecule has 162 valence electrons. The maximum Gasteiger partial charge on any atom is 0.310 e. The lowest BCUT2D eigenvalue weighted by Crippen LogP contribution is -2.49. The summed E-state index contributed by atoms with van der Waals surface area (Å²) in [5.74, 6) is 0.136. The Morgan fingerprint density at radius 1 is 1.14 bits per heavy atom. The van der Waals surface area contributed by atoms with Crippen LogP contribution < -0.4 is 10.2 Å². The SMILES string of the molecule is COOSNOCC(C)NC(=O)C1C2CC(C(C)C2C)C1C(=O)OC(C)(C)C. The molecular formula is C19H34N2O6S. The van der Waals surface area contributed by atoms with Crippen molar-refractivity contribution in [3.8, 4) is 0 Å². The van der Waals surface area contributed by atoms with Gasteiger partial charge in [0.15, 0.2) is 0 Å². The fourth-order valence-electron chi connectivity index (χ4n) is 4.66. The smallest absolute Gasteiger partial charge is 0.310 e. The van der Waals surface area contributed by atoms with Crippen LogP contribution in [0.5, 0.6) is 0 Å². The number of esters is 1. The summed E-state index contributed by atoms with van der Waals surface area (Å²) < 4.78 is 10.2. The molecule has 2 fully saturated rings. The summed E-state index contributed by atoms with van der Waals surface area (Å²) in [5.41, 5.74) is -0.566. The second kappa shape index (κ2) is 9.75. The van der Waals surface area contributed by atoms with Gasteiger partial charge in [0.05, 0.1) is 31.6 Å². The highest BCUT2D eigenvalue weighted by atomic mass is 32.2. The summed E-state index contributed by atoms with van der Waals surface area (Å²) in [5, 5.41) is 2.99. The molecule has 0 spiro atoms. The Labute approximate surface area is 172 Å². The molecular weight excluding hydrogens is 384 g/mol. The Hall–Kier alpha value is -0.870. The Morgan fingerprint density at radius 2 is 1.75 bits per heavy atom. The normalized spacial score (nSPS) is 33.0. The third kappa shape index (κ3) is 5.60. The predicted molar refractivity (Wildman–Crippen MR) is 105 cm³/mol. The Balaban J connectivity index is 1.99. The molecule has 2 saturated carbocycles. The summed E-state index contributed by atoms with van der Waals surface area (Å²) in [6, 6.07) is -0.228. The first-order chi connectivity index (χ1) is 13.1. The van der Waals surface area contributed by atoms with Crippen molar-refractivity contribution in [2.45, 2.75) is 59.6 Å². The monoisotopic (exact) mass is 418 g/mol. The number of carbonyl (C=O) groups excluding carboxylic acids is 2. The minimum atomic E-state index is -0.566. The van der Waals surface area contributed by atoms with E-state index in [-0.39, 0.29) is 48.2 Å². The second-order valence-electron chi connectivity index (χ2n) is 8.99. The van der Waals surface area contributed by atoms with Crippen LogP contribution in [0.4, 0.5) is 0 Å². The summed E-state index contributed by atoms with van der Waals surface area (Å²) in [6.07, 6.45) is 0.905. The van der Waals surface area contributed by atoms with Gasteiger partial charge in [-0.15, -0.1) is 9.22 Å². The van der Waals surface area contributed by atoms with E-state index in [1.54, 1.807) is 0 Å². The lowest BCUT2D eigenvalue weighted by molar-refractivity contribution is -0.168. The van der Waals surface area contributed by atoms with E-state index in [0.717, 1.165) is 18.6 Å². The number of carbonyl (C=O) groups is 2. The van der Waals surface area contributed by atoms with Gasteiger partial charge in [0.2, 0.25) is 5.91 Å². The summed E-state index contributed by atoms with van der Waals surface area (Å²) >= 11 is 0.791. The van der Waals surface area contributed by atoms with Crippen molar-refractivity contribution < 1.29 is 28.4 Å². The van der Waals surface area contributed by atoms with Gasteiger partial charge in [-0.1, -0.05) is 13.8 Å². The quantitative estimate of drug-likeness (QED) is 0.147. The highest BCUT2D eigenvalue weighted by molar-refractivity contribution is 7.92. The topological polar surface area (TPSA) is 95.1 Å². The number of hydrogen-bond acceptors (Lipinski definition) is 8. The van der Waals surface area contributed by atoms with Crippen molar-refractivity contribution >= 4 is 24.1 Å². The van der Waals surface area contributed by atoms with Crippen LogP contribution in [0.3, 0.4) is 0 Å². The molecule has 0 heterocycles. The third-order valence-corrected chi connectivity index (χ3v) is 6.32. The first kappa shape index (κ1) is 23.4. The second-order valence-corrected chi connectivity index (χ2v) is 9.46. The average Bonchev–Trinajstić information content (AvgIpc) is 3.10. The summed E-state index contributed by atoms with van der Waals surface area (Å²) in [4.78, 5) is 38.1. The third-order valence-electron chi connectivity index (χ3n) is 5.93. The van der Waals surface area contributed by atoms with Crippen LogP contribution in [-0.4, -0.2) is 37.2 Å². The molecule has 0 radical (unpaired) electrons. The van der Waals surface area contributed by atoms with Crippen molar-refractivity contribution in [3.63, 3.8) is 0 Å². The standard InChI is InChI=1S/C19H34N2O6S/c1-10(9-25-21-28-27-24-7)20-17(22)15-13-8-14(12(3)11(13)2)16(15)18(23)26-19(4,5)6/h10-16,21H,8-9H2,1-7H3,(H,20,22). The maximum absolute atomic E-state index is 13.1. The molecule has 2 bridgehead atoms. The first-order valence-corrected chi connectivity index (χ1v) is 10.6. The first-order valence-electron chi connectivity index (χ1n) is 9.83. The van der Waals surface area contributed by atoms with E-state index in [9.17, 15) is 9.59 Å². The van der Waals surface area contributed by atoms with E-state index in [2.05, 4.69) is 33.3 Å². The molecule has 0 saturated heterocycles. The Morgan fingerprint density at radius 3 is 2.32 bits per heavy atom. The zero-order chi connectivity index (χ0) is 21.1. The molecule has 0 aromatic carbocycles. The van der Waals surface area contributed by atoms with Gasteiger partial charge in [-0.25, -0.2) is 4.89 Å². The van der Waals surface area contributed by atoms with Gasteiger partial charge in [0, 0.05) is 0 Å². The van der Waals surface area contributed by atoms with Crippen LogP contribution >= 0.6 is 12.2 Å². The number of rotatable bonds is 9. The van der Waals surface area contributed by atoms with Crippen LogP contribution in [-0.2, 0) is 28.4 Å². The number of hydrogen-bond donors (Lipinski definition) is 2. The summed E-state index contributed by atoms with van der Waals surface area (Å²) in [6.45, 7) is 12.0. The number of amides is 1. The van der Waals surface area contributed by atoms with Crippen molar-refractivity contribution in [1.82, 2.24) is 10.2 Å². The molecule has 8 nitrogen and oxygen atoms in total. The summed E-state index contributed by atoms with van der Waals surface area (Å²) in [7, 11) is 1.38. The van der Waals surface area contributed by atoms with Crippen LogP contribution in [0.15, 0.2) is 0 Å². The highest BCUT2D eigenvalue weighted by Gasteiger charge is 2.60. The number of nitrogens with one attached hydrogen (secondary N) is 2. The number of ether oxygens (including phenoxy) is 1. The molecule has 1 amide bonds. The largest absolute Gasteiger partial charge is 0.460 e. The van der Waals surface area contributed by atoms with Crippen molar-refractivity contribution in [3.05, 3.63) is 0 Å². The lowest BCUT2D eigenvalue weighted by atomic mass is 9.69. The van der Waals surface area contributed by atoms with Gasteiger partial charge in [-0.3, -0.25) is 14.4 Å². The van der Waals surface area contributed by atoms with Gasteiger partial charge in [0.1, 0.15) is 17.8 Å². The van der Waals surface area contributed by atoms with E-state index in [1.165, 1.54) is 7.11 Å². The van der Waals surface area contributed by atoms with E-state index < -0.39 is 5.60 Å². The molecule has 2 rings (SSSR count). The van der Waals surface area contributed by atoms with E-state index in [1.807, 2.05) is 27.7 Å². The van der Waals surface area contributed by atoms with Crippen molar-refractivity contribution in [1.29, 1.82) is 0 Å². The molecule has 7 atom stereocenters. The molecule has 2 aliphatic rings. The zero-order valence-corrected chi connectivity index (χ0v) is 18.6. The van der Waals surface area contributed by atoms with Gasteiger partial charge in [0.25, 0.3) is 0 Å². The molecule has 2 N–H and O–H groups in total. The highest BCUT2D eigenvalue weighted by Crippen LogP contribution is 2.58. The minimum absolute atomic E-state index is 0.0981. The van der Waals surface area contributed by atoms with Crippen LogP contribution in [0, 0.1) is 35.5 Å². The predicted octanol–water partition coefficient (Wildman–Crippen LogP) is 2.65. The Kier molecular flexibility index (Phi) is 8.16. The molecule has 7 unspecified atom stereocenters. The minimum Gasteiger partial charge on any atom is -0.460 e. The van der Waals surface area contributed by atoms with E-state index >= 15 is 0 Å². The molecule has 0 aromatic rings. The van der Waals surface area contributed by atoms with Gasteiger partial charge >= 0.3 is 5.97 Å². The van der Waals surface area contributed by atoms with Gasteiger partial charge in [-0.05, 0) is 57.8 Å². The van der Waals surface area contributed by atoms with E-state index in [4.69, 9.17) is 9.57 Å². The molecule has 0 aliphatic heterocycles. The maximum atomic E-state index is 13.1. The fraction of sp³-hybridized carbons (Fsp3) is 0.895. The average molecular weight is 419 g/mol. The van der Waals surface area contributed by atoms with Gasteiger partial charge in [-0.2, -0.15) is 0 Å². The van der Waals surface area contributed by atoms with Crippen LogP contribution in [0.25, 0.3) is 0 Å². The lowest BCUT2D eigenvalue weighted by Gasteiger charge is -2.37. The van der Waals surface area contributed by atoms with Crippen LogP contribution in [0.1, 0.15) is 48.0 Å². The van der Waals surface area contributed by atoms with Crippen LogP contribution in [0.2, 0.25) is 0 Å². The molecule has 2 aliphatic carbocycles. The fourth-order valence-corrected chi connectivity index (χ4v) is 4.88. The molecule has 0 aromatic heterocycles. The van der Waals surface area contributed by atoms with Gasteiger partial charge < -0.3 is 10.1 Å². The Bertz CT molecular complexity index is 555. The van der Waals surface area contributed by atoms with Crippen molar-refractivity contribution in [2.75, 3.05) is 13.7 Å². The molecule has 9 heteroatoms.